The highest BCUT2D eigenvalue weighted by Gasteiger charge is 2.51. The van der Waals surface area contributed by atoms with Gasteiger partial charge in [0.1, 0.15) is 0 Å². The zero-order chi connectivity index (χ0) is 19.1. The van der Waals surface area contributed by atoms with Crippen LogP contribution in [0.4, 0.5) is 0 Å². The summed E-state index contributed by atoms with van der Waals surface area (Å²) in [5, 5.41) is 0. The minimum atomic E-state index is -0.00348. The quantitative estimate of drug-likeness (QED) is 0.505. The Hall–Kier alpha value is -1.77. The van der Waals surface area contributed by atoms with Gasteiger partial charge in [-0.25, -0.2) is 0 Å². The average molecular weight is 357 g/mol. The molecule has 26 heavy (non-hydrogen) atoms. The molecule has 3 aliphatic rings. The summed E-state index contributed by atoms with van der Waals surface area (Å²) in [5.41, 5.74) is 2.63. The van der Waals surface area contributed by atoms with Crippen molar-refractivity contribution in [2.75, 3.05) is 14.2 Å². The summed E-state index contributed by atoms with van der Waals surface area (Å²) in [4.78, 5) is 12.7. The van der Waals surface area contributed by atoms with E-state index in [4.69, 9.17) is 9.47 Å². The van der Waals surface area contributed by atoms with Gasteiger partial charge in [-0.15, -0.1) is 0 Å². The van der Waals surface area contributed by atoms with Gasteiger partial charge in [0.15, 0.2) is 17.3 Å². The summed E-state index contributed by atoms with van der Waals surface area (Å²) in [7, 11) is 3.17. The fraction of sp³-hybridized carbons (Fsp3) is 0.609. The minimum absolute atomic E-state index is 0.00348. The van der Waals surface area contributed by atoms with E-state index in [0.717, 1.165) is 6.42 Å². The topological polar surface area (TPSA) is 35.5 Å². The number of allylic oxidation sites excluding steroid dienone is 6. The lowest BCUT2D eigenvalue weighted by molar-refractivity contribution is -0.111. The molecule has 0 aliphatic heterocycles. The standard InChI is InChI=1S/C23H32O3/c1-15-8-9-21-22(2,3)10-7-11-23(21,4)17(15)12-16-13-19(25-5)20(26-6)14-18(16)24/h8,12-14,17,21H,7,9-11H2,1-6H3/b16-12+/t17?,21-,23+/m0/s1. The molecule has 0 amide bonds. The Bertz CT molecular complexity index is 720. The van der Waals surface area contributed by atoms with Crippen molar-refractivity contribution in [1.82, 2.24) is 0 Å². The molecule has 142 valence electrons. The van der Waals surface area contributed by atoms with Crippen LogP contribution in [-0.4, -0.2) is 20.0 Å². The molecule has 1 saturated carbocycles. The third-order valence-electron chi connectivity index (χ3n) is 7.01. The molecule has 1 unspecified atom stereocenters. The third-order valence-corrected chi connectivity index (χ3v) is 7.01. The Labute approximate surface area is 157 Å². The van der Waals surface area contributed by atoms with E-state index < -0.39 is 0 Å². The molecule has 3 rings (SSSR count). The Balaban J connectivity index is 2.02. The summed E-state index contributed by atoms with van der Waals surface area (Å²) in [6.45, 7) is 9.48. The van der Waals surface area contributed by atoms with Gasteiger partial charge in [-0.1, -0.05) is 44.9 Å². The smallest absolute Gasteiger partial charge is 0.189 e. The van der Waals surface area contributed by atoms with Crippen molar-refractivity contribution in [2.24, 2.45) is 22.7 Å². The van der Waals surface area contributed by atoms with Crippen LogP contribution in [0.5, 0.6) is 0 Å². The Morgan fingerprint density at radius 1 is 1.08 bits per heavy atom. The van der Waals surface area contributed by atoms with E-state index in [2.05, 4.69) is 39.8 Å². The highest BCUT2D eigenvalue weighted by molar-refractivity contribution is 6.08. The van der Waals surface area contributed by atoms with E-state index in [-0.39, 0.29) is 17.1 Å². The lowest BCUT2D eigenvalue weighted by atomic mass is 9.48. The van der Waals surface area contributed by atoms with Crippen molar-refractivity contribution in [3.05, 3.63) is 47.0 Å². The molecular weight excluding hydrogens is 324 g/mol. The molecule has 0 spiro atoms. The van der Waals surface area contributed by atoms with Gasteiger partial charge in [0.2, 0.25) is 0 Å². The number of carbonyl (C=O) groups excluding carboxylic acids is 1. The van der Waals surface area contributed by atoms with Gasteiger partial charge >= 0.3 is 0 Å². The van der Waals surface area contributed by atoms with E-state index in [9.17, 15) is 4.79 Å². The lowest BCUT2D eigenvalue weighted by Crippen LogP contribution is -2.48. The predicted molar refractivity (Wildman–Crippen MR) is 104 cm³/mol. The van der Waals surface area contributed by atoms with E-state index in [1.54, 1.807) is 14.2 Å². The van der Waals surface area contributed by atoms with Crippen molar-refractivity contribution < 1.29 is 14.3 Å². The molecular formula is C23H32O3. The maximum absolute atomic E-state index is 12.7. The molecule has 0 bridgehead atoms. The fourth-order valence-corrected chi connectivity index (χ4v) is 5.58. The van der Waals surface area contributed by atoms with Gasteiger partial charge < -0.3 is 9.47 Å². The molecule has 3 aliphatic carbocycles. The first-order valence-corrected chi connectivity index (χ1v) is 9.67. The first-order chi connectivity index (χ1) is 12.2. The first kappa shape index (κ1) is 19.0. The van der Waals surface area contributed by atoms with Crippen molar-refractivity contribution in [3.63, 3.8) is 0 Å². The van der Waals surface area contributed by atoms with Crippen LogP contribution in [0.1, 0.15) is 53.4 Å². The van der Waals surface area contributed by atoms with Crippen molar-refractivity contribution in [2.45, 2.75) is 53.4 Å². The van der Waals surface area contributed by atoms with Crippen LogP contribution in [0.3, 0.4) is 0 Å². The van der Waals surface area contributed by atoms with Crippen LogP contribution in [0.2, 0.25) is 0 Å². The monoisotopic (exact) mass is 356 g/mol. The summed E-state index contributed by atoms with van der Waals surface area (Å²) < 4.78 is 10.7. The number of carbonyl (C=O) groups is 1. The summed E-state index contributed by atoms with van der Waals surface area (Å²) >= 11 is 0. The molecule has 0 aromatic carbocycles. The SMILES string of the molecule is COC1=CC(=O)/C(=C/C2C(C)=CC[C@H]3C(C)(C)CCC[C@]23C)C=C1OC. The molecule has 0 aromatic heterocycles. The molecule has 0 N–H and O–H groups in total. The molecule has 3 nitrogen and oxygen atoms in total. The number of ketones is 1. The Kier molecular flexibility index (Phi) is 4.94. The predicted octanol–water partition coefficient (Wildman–Crippen LogP) is 5.35. The second-order valence-corrected chi connectivity index (χ2v) is 8.97. The second kappa shape index (κ2) is 6.75. The van der Waals surface area contributed by atoms with Gasteiger partial charge in [0.25, 0.3) is 0 Å². The zero-order valence-corrected chi connectivity index (χ0v) is 17.0. The number of rotatable bonds is 3. The molecule has 0 aromatic rings. The van der Waals surface area contributed by atoms with Gasteiger partial charge in [0.05, 0.1) is 14.2 Å². The van der Waals surface area contributed by atoms with E-state index >= 15 is 0 Å². The van der Waals surface area contributed by atoms with Crippen LogP contribution < -0.4 is 0 Å². The second-order valence-electron chi connectivity index (χ2n) is 8.97. The van der Waals surface area contributed by atoms with E-state index in [0.29, 0.717) is 28.4 Å². The highest BCUT2D eigenvalue weighted by atomic mass is 16.5. The maximum Gasteiger partial charge on any atom is 0.189 e. The van der Waals surface area contributed by atoms with Crippen LogP contribution in [-0.2, 0) is 14.3 Å². The molecule has 0 saturated heterocycles. The average Bonchev–Trinajstić information content (AvgIpc) is 2.58. The van der Waals surface area contributed by atoms with Crippen LogP contribution >= 0.6 is 0 Å². The highest BCUT2D eigenvalue weighted by Crippen LogP contribution is 2.60. The number of hydrogen-bond acceptors (Lipinski definition) is 3. The van der Waals surface area contributed by atoms with Crippen LogP contribution in [0.25, 0.3) is 0 Å². The van der Waals surface area contributed by atoms with Crippen molar-refractivity contribution >= 4 is 5.78 Å². The van der Waals surface area contributed by atoms with Gasteiger partial charge in [0, 0.05) is 17.6 Å². The normalized spacial score (nSPS) is 35.2. The zero-order valence-electron chi connectivity index (χ0n) is 17.0. The van der Waals surface area contributed by atoms with E-state index in [1.165, 1.54) is 30.9 Å². The first-order valence-electron chi connectivity index (χ1n) is 9.67. The van der Waals surface area contributed by atoms with E-state index in [1.807, 2.05) is 6.08 Å². The lowest BCUT2D eigenvalue weighted by Gasteiger charge is -2.56. The summed E-state index contributed by atoms with van der Waals surface area (Å²) in [6.07, 6.45) is 12.9. The minimum Gasteiger partial charge on any atom is -0.493 e. The van der Waals surface area contributed by atoms with Crippen molar-refractivity contribution in [1.29, 1.82) is 0 Å². The summed E-state index contributed by atoms with van der Waals surface area (Å²) in [6, 6.07) is 0. The van der Waals surface area contributed by atoms with Crippen molar-refractivity contribution in [3.8, 4) is 0 Å². The molecule has 1 fully saturated rings. The fourth-order valence-electron chi connectivity index (χ4n) is 5.58. The Morgan fingerprint density at radius 2 is 1.73 bits per heavy atom. The largest absolute Gasteiger partial charge is 0.493 e. The van der Waals surface area contributed by atoms with Gasteiger partial charge in [-0.05, 0) is 49.0 Å². The van der Waals surface area contributed by atoms with Gasteiger partial charge in [-0.3, -0.25) is 4.79 Å². The van der Waals surface area contributed by atoms with Gasteiger partial charge in [-0.2, -0.15) is 0 Å². The number of ether oxygens (including phenoxy) is 2. The molecule has 0 heterocycles. The number of hydrogen-bond donors (Lipinski definition) is 0. The number of methoxy groups -OCH3 is 2. The van der Waals surface area contributed by atoms with Crippen LogP contribution in [0.15, 0.2) is 47.0 Å². The Morgan fingerprint density at radius 3 is 2.38 bits per heavy atom. The maximum atomic E-state index is 12.7. The third kappa shape index (κ3) is 3.06. The molecule has 0 radical (unpaired) electrons. The molecule has 3 heteroatoms. The number of fused-ring (bicyclic) bond motifs is 1. The molecule has 3 atom stereocenters. The summed E-state index contributed by atoms with van der Waals surface area (Å²) in [5.74, 6) is 2.03. The van der Waals surface area contributed by atoms with Crippen LogP contribution in [0, 0.1) is 22.7 Å².